The molecule has 0 radical (unpaired) electrons. The fourth-order valence-corrected chi connectivity index (χ4v) is 3.96. The first-order valence-corrected chi connectivity index (χ1v) is 11.4. The number of carbonyl (C=O) groups is 1. The van der Waals surface area contributed by atoms with Crippen LogP contribution in [0.3, 0.4) is 0 Å². The van der Waals surface area contributed by atoms with E-state index in [0.717, 1.165) is 28.1 Å². The van der Waals surface area contributed by atoms with Crippen LogP contribution >= 0.6 is 0 Å². The van der Waals surface area contributed by atoms with Gasteiger partial charge >= 0.3 is 0 Å². The summed E-state index contributed by atoms with van der Waals surface area (Å²) in [6.45, 7) is 4.96. The van der Waals surface area contributed by atoms with Crippen molar-refractivity contribution in [2.24, 2.45) is 0 Å². The first kappa shape index (κ1) is 20.8. The minimum Gasteiger partial charge on any atom is -0.348 e. The minimum absolute atomic E-state index is 0.0156. The molecule has 0 saturated heterocycles. The second-order valence-corrected chi connectivity index (χ2v) is 9.49. The van der Waals surface area contributed by atoms with E-state index in [0.29, 0.717) is 18.7 Å². The van der Waals surface area contributed by atoms with Crippen molar-refractivity contribution < 1.29 is 13.2 Å². The van der Waals surface area contributed by atoms with Gasteiger partial charge in [-0.05, 0) is 48.7 Å². The van der Waals surface area contributed by atoms with E-state index in [1.54, 1.807) is 18.2 Å². The van der Waals surface area contributed by atoms with Crippen LogP contribution < -0.4 is 5.32 Å². The third-order valence-electron chi connectivity index (χ3n) is 4.53. The summed E-state index contributed by atoms with van der Waals surface area (Å²) >= 11 is 0. The highest BCUT2D eigenvalue weighted by Crippen LogP contribution is 2.11. The summed E-state index contributed by atoms with van der Waals surface area (Å²) in [6.07, 6.45) is 1.21. The quantitative estimate of drug-likeness (QED) is 0.648. The molecule has 0 bridgehead atoms. The van der Waals surface area contributed by atoms with Gasteiger partial charge in [-0.15, -0.1) is 0 Å². The number of aromatic nitrogens is 2. The van der Waals surface area contributed by atoms with Crippen molar-refractivity contribution >= 4 is 15.7 Å². The molecule has 0 saturated carbocycles. The summed E-state index contributed by atoms with van der Waals surface area (Å²) < 4.78 is 24.6. The average Bonchev–Trinajstić information content (AvgIpc) is 2.97. The maximum atomic E-state index is 12.5. The molecule has 0 spiro atoms. The lowest BCUT2D eigenvalue weighted by atomic mass is 10.1. The molecule has 2 aromatic carbocycles. The number of carbonyl (C=O) groups excluding carboxylic acids is 1. The van der Waals surface area contributed by atoms with Gasteiger partial charge in [-0.25, -0.2) is 8.42 Å². The Balaban J connectivity index is 1.61. The Bertz CT molecular complexity index is 1120. The minimum atomic E-state index is -3.06. The number of aryl methyl sites for hydroxylation is 2. The molecular weight excluding hydrogens is 386 g/mol. The number of rotatable bonds is 7. The molecule has 1 amide bonds. The van der Waals surface area contributed by atoms with E-state index >= 15 is 0 Å². The van der Waals surface area contributed by atoms with Crippen molar-refractivity contribution in [3.05, 3.63) is 88.2 Å². The van der Waals surface area contributed by atoms with E-state index in [-0.39, 0.29) is 11.7 Å². The van der Waals surface area contributed by atoms with Gasteiger partial charge in [-0.3, -0.25) is 9.48 Å². The zero-order valence-corrected chi connectivity index (χ0v) is 17.7. The van der Waals surface area contributed by atoms with E-state index in [4.69, 9.17) is 0 Å². The number of benzene rings is 2. The molecule has 0 atom stereocenters. The predicted molar refractivity (Wildman–Crippen MR) is 113 cm³/mol. The number of hydrogen-bond acceptors (Lipinski definition) is 4. The highest BCUT2D eigenvalue weighted by atomic mass is 32.2. The van der Waals surface area contributed by atoms with Gasteiger partial charge in [0.1, 0.15) is 0 Å². The number of hydrogen-bond donors (Lipinski definition) is 1. The molecule has 29 heavy (non-hydrogen) atoms. The maximum Gasteiger partial charge on any atom is 0.251 e. The Hall–Kier alpha value is -2.93. The van der Waals surface area contributed by atoms with E-state index in [9.17, 15) is 13.2 Å². The van der Waals surface area contributed by atoms with Crippen LogP contribution in [0.5, 0.6) is 0 Å². The van der Waals surface area contributed by atoms with Crippen molar-refractivity contribution in [2.45, 2.75) is 32.7 Å². The summed E-state index contributed by atoms with van der Waals surface area (Å²) in [6, 6.07) is 16.8. The van der Waals surface area contributed by atoms with E-state index in [1.807, 2.05) is 54.9 Å². The van der Waals surface area contributed by atoms with Crippen LogP contribution in [0.15, 0.2) is 54.6 Å². The smallest absolute Gasteiger partial charge is 0.251 e. The molecule has 7 heteroatoms. The fraction of sp³-hybridized carbons (Fsp3) is 0.273. The molecule has 0 aliphatic heterocycles. The third kappa shape index (κ3) is 6.02. The zero-order valence-electron chi connectivity index (χ0n) is 16.8. The number of sulfone groups is 1. The second kappa shape index (κ2) is 8.61. The van der Waals surface area contributed by atoms with Gasteiger partial charge in [0.15, 0.2) is 9.84 Å². The topological polar surface area (TPSA) is 81.1 Å². The summed E-state index contributed by atoms with van der Waals surface area (Å²) in [5.74, 6) is -0.137. The molecule has 152 valence electrons. The zero-order chi connectivity index (χ0) is 21.0. The van der Waals surface area contributed by atoms with Crippen LogP contribution in [0.4, 0.5) is 0 Å². The lowest BCUT2D eigenvalue weighted by Gasteiger charge is -2.09. The van der Waals surface area contributed by atoms with Crippen LogP contribution in [-0.2, 0) is 28.7 Å². The molecule has 6 nitrogen and oxygen atoms in total. The fourth-order valence-electron chi connectivity index (χ4n) is 3.16. The Morgan fingerprint density at radius 2 is 1.69 bits per heavy atom. The molecule has 1 heterocycles. The second-order valence-electron chi connectivity index (χ2n) is 7.35. The Morgan fingerprint density at radius 3 is 2.31 bits per heavy atom. The first-order chi connectivity index (χ1) is 13.7. The van der Waals surface area contributed by atoms with Crippen molar-refractivity contribution in [1.82, 2.24) is 15.1 Å². The normalized spacial score (nSPS) is 11.4. The lowest BCUT2D eigenvalue weighted by molar-refractivity contribution is 0.0950. The molecular formula is C22H25N3O3S. The van der Waals surface area contributed by atoms with Gasteiger partial charge in [0.2, 0.25) is 0 Å². The average molecular weight is 412 g/mol. The number of amides is 1. The SMILES string of the molecule is Cc1cc(C)n(Cc2cccc(C(=O)NCc3ccc(CS(C)(=O)=O)cc3)c2)n1. The van der Waals surface area contributed by atoms with Gasteiger partial charge in [0, 0.05) is 24.1 Å². The van der Waals surface area contributed by atoms with Crippen LogP contribution in [0.2, 0.25) is 0 Å². The van der Waals surface area contributed by atoms with Crippen LogP contribution in [-0.4, -0.2) is 30.4 Å². The van der Waals surface area contributed by atoms with Gasteiger partial charge in [0.25, 0.3) is 5.91 Å². The molecule has 0 unspecified atom stereocenters. The van der Waals surface area contributed by atoms with E-state index < -0.39 is 9.84 Å². The molecule has 3 rings (SSSR count). The maximum absolute atomic E-state index is 12.5. The van der Waals surface area contributed by atoms with Crippen molar-refractivity contribution in [1.29, 1.82) is 0 Å². The van der Waals surface area contributed by atoms with Crippen molar-refractivity contribution in [3.8, 4) is 0 Å². The van der Waals surface area contributed by atoms with E-state index in [2.05, 4.69) is 10.4 Å². The van der Waals surface area contributed by atoms with Crippen molar-refractivity contribution in [2.75, 3.05) is 6.26 Å². The predicted octanol–water partition coefficient (Wildman–Crippen LogP) is 3.02. The van der Waals surface area contributed by atoms with Crippen LogP contribution in [0, 0.1) is 13.8 Å². The molecule has 1 N–H and O–H groups in total. The van der Waals surface area contributed by atoms with Gasteiger partial charge in [0.05, 0.1) is 18.0 Å². The highest BCUT2D eigenvalue weighted by Gasteiger charge is 2.09. The Kier molecular flexibility index (Phi) is 6.17. The van der Waals surface area contributed by atoms with Gasteiger partial charge < -0.3 is 5.32 Å². The van der Waals surface area contributed by atoms with Gasteiger partial charge in [-0.2, -0.15) is 5.10 Å². The number of nitrogens with one attached hydrogen (secondary N) is 1. The summed E-state index contributed by atoms with van der Waals surface area (Å²) in [7, 11) is -3.06. The molecule has 3 aromatic rings. The summed E-state index contributed by atoms with van der Waals surface area (Å²) in [5.41, 5.74) is 5.30. The van der Waals surface area contributed by atoms with Crippen LogP contribution in [0.1, 0.15) is 38.4 Å². The number of nitrogens with zero attached hydrogens (tertiary/aromatic N) is 2. The molecule has 0 fully saturated rings. The summed E-state index contributed by atoms with van der Waals surface area (Å²) in [5, 5.41) is 7.37. The van der Waals surface area contributed by atoms with Crippen LogP contribution in [0.25, 0.3) is 0 Å². The van der Waals surface area contributed by atoms with Gasteiger partial charge in [-0.1, -0.05) is 36.4 Å². The highest BCUT2D eigenvalue weighted by molar-refractivity contribution is 7.89. The Labute approximate surface area is 171 Å². The Morgan fingerprint density at radius 1 is 1.00 bits per heavy atom. The molecule has 0 aliphatic carbocycles. The summed E-state index contributed by atoms with van der Waals surface area (Å²) in [4.78, 5) is 12.5. The monoisotopic (exact) mass is 411 g/mol. The molecule has 0 aliphatic rings. The lowest BCUT2D eigenvalue weighted by Crippen LogP contribution is -2.23. The van der Waals surface area contributed by atoms with Crippen molar-refractivity contribution in [3.63, 3.8) is 0 Å². The van der Waals surface area contributed by atoms with E-state index in [1.165, 1.54) is 6.26 Å². The first-order valence-electron chi connectivity index (χ1n) is 9.33. The largest absolute Gasteiger partial charge is 0.348 e. The molecule has 1 aromatic heterocycles. The third-order valence-corrected chi connectivity index (χ3v) is 5.39. The standard InChI is InChI=1S/C22H25N3O3S/c1-16-11-17(2)25(24-16)14-20-5-4-6-21(12-20)22(26)23-13-18-7-9-19(10-8-18)15-29(3,27)28/h4-12H,13-15H2,1-3H3,(H,23,26).